The molecule has 0 fully saturated rings. The maximum absolute atomic E-state index is 12.9. The molecule has 0 saturated carbocycles. The Hall–Kier alpha value is -4.06. The van der Waals surface area contributed by atoms with E-state index in [9.17, 15) is 4.79 Å². The largest absolute Gasteiger partial charge is 0.497 e. The lowest BCUT2D eigenvalue weighted by molar-refractivity contribution is 0.102. The first-order valence-electron chi connectivity index (χ1n) is 9.22. The van der Waals surface area contributed by atoms with Crippen molar-refractivity contribution in [3.63, 3.8) is 0 Å². The van der Waals surface area contributed by atoms with Crippen LogP contribution in [0.1, 0.15) is 10.5 Å². The number of benzene rings is 2. The number of aromatic nitrogens is 3. The Morgan fingerprint density at radius 2 is 1.93 bits per heavy atom. The minimum Gasteiger partial charge on any atom is -0.497 e. The van der Waals surface area contributed by atoms with Gasteiger partial charge in [0.2, 0.25) is 0 Å². The molecule has 0 atom stereocenters. The Bertz CT molecular complexity index is 1320. The molecule has 2 N–H and O–H groups in total. The van der Waals surface area contributed by atoms with E-state index in [2.05, 4.69) is 15.3 Å². The number of nitrogens with zero attached hydrogens (tertiary/aromatic N) is 2. The summed E-state index contributed by atoms with van der Waals surface area (Å²) in [4.78, 5) is 20.7. The van der Waals surface area contributed by atoms with Gasteiger partial charge in [0.1, 0.15) is 17.1 Å². The summed E-state index contributed by atoms with van der Waals surface area (Å²) in [5.74, 6) is 0.528. The number of hydrogen-bond acceptors (Lipinski definition) is 3. The highest BCUT2D eigenvalue weighted by atomic mass is 16.5. The van der Waals surface area contributed by atoms with Crippen molar-refractivity contribution in [1.29, 1.82) is 0 Å². The quantitative estimate of drug-likeness (QED) is 0.471. The summed E-state index contributed by atoms with van der Waals surface area (Å²) in [5, 5.41) is 3.96. The van der Waals surface area contributed by atoms with Crippen LogP contribution in [-0.2, 0) is 0 Å². The smallest absolute Gasteiger partial charge is 0.272 e. The first kappa shape index (κ1) is 17.1. The third kappa shape index (κ3) is 3.10. The van der Waals surface area contributed by atoms with E-state index in [1.54, 1.807) is 7.11 Å². The van der Waals surface area contributed by atoms with E-state index in [1.165, 1.54) is 0 Å². The van der Waals surface area contributed by atoms with E-state index in [-0.39, 0.29) is 5.91 Å². The monoisotopic (exact) mass is 382 g/mol. The highest BCUT2D eigenvalue weighted by Crippen LogP contribution is 2.28. The predicted octanol–water partition coefficient (Wildman–Crippen LogP) is 4.74. The summed E-state index contributed by atoms with van der Waals surface area (Å²) in [6, 6.07) is 21.0. The number of imidazole rings is 1. The number of methoxy groups -OCH3 is 1. The standard InChI is InChI=1S/C23H18N4O2/c1-29-16-10-9-15-12-20(24-19(15)13-16)23(28)26-18-7-3-2-6-17(18)21-14-27-11-5-4-8-22(27)25-21/h2-14,24H,1H3,(H,26,28). The number of fused-ring (bicyclic) bond motifs is 2. The third-order valence-corrected chi connectivity index (χ3v) is 4.89. The molecule has 0 saturated heterocycles. The molecule has 0 unspecified atom stereocenters. The highest BCUT2D eigenvalue weighted by molar-refractivity contribution is 6.07. The topological polar surface area (TPSA) is 71.4 Å². The van der Waals surface area contributed by atoms with Gasteiger partial charge in [0.25, 0.3) is 5.91 Å². The van der Waals surface area contributed by atoms with Gasteiger partial charge in [-0.1, -0.05) is 24.3 Å². The zero-order valence-corrected chi connectivity index (χ0v) is 15.7. The van der Waals surface area contributed by atoms with E-state index in [1.807, 2.05) is 83.5 Å². The molecule has 3 heterocycles. The number of carbonyl (C=O) groups is 1. The molecule has 0 radical (unpaired) electrons. The van der Waals surface area contributed by atoms with Crippen molar-refractivity contribution in [2.24, 2.45) is 0 Å². The van der Waals surface area contributed by atoms with E-state index in [0.717, 1.165) is 33.6 Å². The number of carbonyl (C=O) groups excluding carboxylic acids is 1. The fourth-order valence-corrected chi connectivity index (χ4v) is 3.43. The lowest BCUT2D eigenvalue weighted by atomic mass is 10.1. The van der Waals surface area contributed by atoms with Gasteiger partial charge in [-0.15, -0.1) is 0 Å². The summed E-state index contributed by atoms with van der Waals surface area (Å²) in [6.45, 7) is 0. The number of rotatable bonds is 4. The third-order valence-electron chi connectivity index (χ3n) is 4.89. The normalized spacial score (nSPS) is 11.1. The number of nitrogens with one attached hydrogen (secondary N) is 2. The molecule has 142 valence electrons. The van der Waals surface area contributed by atoms with Gasteiger partial charge in [0.15, 0.2) is 0 Å². The molecule has 0 aliphatic rings. The van der Waals surface area contributed by atoms with Gasteiger partial charge in [-0.05, 0) is 36.4 Å². The molecule has 0 aliphatic carbocycles. The first-order valence-corrected chi connectivity index (χ1v) is 9.22. The van der Waals surface area contributed by atoms with Crippen molar-refractivity contribution in [3.8, 4) is 17.0 Å². The minimum atomic E-state index is -0.212. The average molecular weight is 382 g/mol. The maximum Gasteiger partial charge on any atom is 0.272 e. The summed E-state index contributed by atoms with van der Waals surface area (Å²) < 4.78 is 7.21. The molecule has 3 aromatic heterocycles. The number of pyridine rings is 1. The second kappa shape index (κ2) is 6.83. The van der Waals surface area contributed by atoms with Crippen LogP contribution in [0.15, 0.2) is 79.1 Å². The van der Waals surface area contributed by atoms with Crippen LogP contribution in [0.4, 0.5) is 5.69 Å². The van der Waals surface area contributed by atoms with Crippen LogP contribution in [0.25, 0.3) is 27.8 Å². The van der Waals surface area contributed by atoms with E-state index < -0.39 is 0 Å². The average Bonchev–Trinajstić information content (AvgIpc) is 3.37. The van der Waals surface area contributed by atoms with Gasteiger partial charge in [-0.25, -0.2) is 4.98 Å². The molecule has 2 aromatic carbocycles. The van der Waals surface area contributed by atoms with Gasteiger partial charge in [-0.3, -0.25) is 4.79 Å². The Balaban J connectivity index is 1.48. The van der Waals surface area contributed by atoms with Gasteiger partial charge >= 0.3 is 0 Å². The molecule has 0 spiro atoms. The van der Waals surface area contributed by atoms with Crippen LogP contribution in [0, 0.1) is 0 Å². The lowest BCUT2D eigenvalue weighted by Crippen LogP contribution is -2.12. The number of hydrogen-bond donors (Lipinski definition) is 2. The molecule has 5 rings (SSSR count). The van der Waals surface area contributed by atoms with Gasteiger partial charge in [-0.2, -0.15) is 0 Å². The Kier molecular flexibility index (Phi) is 4.02. The van der Waals surface area contributed by atoms with Crippen molar-refractivity contribution in [1.82, 2.24) is 14.4 Å². The fraction of sp³-hybridized carbons (Fsp3) is 0.0435. The van der Waals surface area contributed by atoms with Crippen LogP contribution >= 0.6 is 0 Å². The van der Waals surface area contributed by atoms with Crippen molar-refractivity contribution >= 4 is 28.1 Å². The number of ether oxygens (including phenoxy) is 1. The van der Waals surface area contributed by atoms with Crippen LogP contribution in [0.2, 0.25) is 0 Å². The summed E-state index contributed by atoms with van der Waals surface area (Å²) in [5.41, 5.74) is 4.56. The molecular formula is C23H18N4O2. The summed E-state index contributed by atoms with van der Waals surface area (Å²) >= 11 is 0. The number of anilines is 1. The Morgan fingerprint density at radius 1 is 1.07 bits per heavy atom. The van der Waals surface area contributed by atoms with Crippen molar-refractivity contribution in [2.45, 2.75) is 0 Å². The molecule has 1 amide bonds. The molecular weight excluding hydrogens is 364 g/mol. The van der Waals surface area contributed by atoms with Crippen LogP contribution in [-0.4, -0.2) is 27.4 Å². The van der Waals surface area contributed by atoms with Crippen LogP contribution in [0.3, 0.4) is 0 Å². The molecule has 6 heteroatoms. The minimum absolute atomic E-state index is 0.212. The molecule has 5 aromatic rings. The van der Waals surface area contributed by atoms with Crippen LogP contribution in [0.5, 0.6) is 5.75 Å². The van der Waals surface area contributed by atoms with Crippen molar-refractivity contribution in [2.75, 3.05) is 12.4 Å². The summed E-state index contributed by atoms with van der Waals surface area (Å²) in [6.07, 6.45) is 3.90. The van der Waals surface area contributed by atoms with E-state index in [0.29, 0.717) is 11.4 Å². The van der Waals surface area contributed by atoms with Gasteiger partial charge in [0, 0.05) is 34.9 Å². The Morgan fingerprint density at radius 3 is 2.79 bits per heavy atom. The van der Waals surface area contributed by atoms with Crippen molar-refractivity contribution < 1.29 is 9.53 Å². The first-order chi connectivity index (χ1) is 14.2. The number of amides is 1. The van der Waals surface area contributed by atoms with Gasteiger partial charge < -0.3 is 19.4 Å². The van der Waals surface area contributed by atoms with E-state index >= 15 is 0 Å². The van der Waals surface area contributed by atoms with Gasteiger partial charge in [0.05, 0.1) is 18.5 Å². The number of H-pyrrole nitrogens is 1. The zero-order chi connectivity index (χ0) is 19.8. The zero-order valence-electron chi connectivity index (χ0n) is 15.7. The molecule has 0 bridgehead atoms. The second-order valence-electron chi connectivity index (χ2n) is 6.73. The predicted molar refractivity (Wildman–Crippen MR) is 113 cm³/mol. The van der Waals surface area contributed by atoms with Crippen molar-refractivity contribution in [3.05, 3.63) is 84.8 Å². The van der Waals surface area contributed by atoms with E-state index in [4.69, 9.17) is 4.74 Å². The molecule has 29 heavy (non-hydrogen) atoms. The summed E-state index contributed by atoms with van der Waals surface area (Å²) in [7, 11) is 1.62. The second-order valence-corrected chi connectivity index (χ2v) is 6.73. The van der Waals surface area contributed by atoms with Crippen LogP contribution < -0.4 is 10.1 Å². The SMILES string of the molecule is COc1ccc2cc(C(=O)Nc3ccccc3-c3cn4ccccc4n3)[nH]c2c1. The molecule has 0 aliphatic heterocycles. The fourth-order valence-electron chi connectivity index (χ4n) is 3.43. The highest BCUT2D eigenvalue weighted by Gasteiger charge is 2.14. The number of aromatic amines is 1. The maximum atomic E-state index is 12.9. The lowest BCUT2D eigenvalue weighted by Gasteiger charge is -2.08. The Labute approximate surface area is 166 Å². The number of para-hydroxylation sites is 1. The molecule has 6 nitrogen and oxygen atoms in total.